The van der Waals surface area contributed by atoms with Crippen molar-refractivity contribution in [2.75, 3.05) is 5.32 Å². The van der Waals surface area contributed by atoms with E-state index in [0.717, 1.165) is 30.0 Å². The summed E-state index contributed by atoms with van der Waals surface area (Å²) in [5.74, 6) is 2.11. The highest BCUT2D eigenvalue weighted by Crippen LogP contribution is 2.46. The van der Waals surface area contributed by atoms with Crippen LogP contribution in [0.15, 0.2) is 30.3 Å². The molecule has 5 rings (SSSR count). The summed E-state index contributed by atoms with van der Waals surface area (Å²) in [5, 5.41) is 3.85. The first-order valence-corrected chi connectivity index (χ1v) is 10.9. The fourth-order valence-corrected chi connectivity index (χ4v) is 6.84. The highest BCUT2D eigenvalue weighted by molar-refractivity contribution is 5.43. The molecule has 1 aromatic carbocycles. The lowest BCUT2D eigenvalue weighted by Crippen LogP contribution is -2.60. The van der Waals surface area contributed by atoms with E-state index in [2.05, 4.69) is 40.5 Å². The van der Waals surface area contributed by atoms with Gasteiger partial charge in [-0.15, -0.1) is 0 Å². The number of anilines is 1. The van der Waals surface area contributed by atoms with Crippen molar-refractivity contribution in [3.8, 4) is 0 Å². The van der Waals surface area contributed by atoms with E-state index in [1.807, 2.05) is 0 Å². The van der Waals surface area contributed by atoms with Gasteiger partial charge in [0.25, 0.3) is 0 Å². The number of fused-ring (bicyclic) bond motifs is 4. The van der Waals surface area contributed by atoms with Gasteiger partial charge < -0.3 is 5.32 Å². The summed E-state index contributed by atoms with van der Waals surface area (Å²) in [4.78, 5) is 3.05. The molecular formula is C23H34N2. The third kappa shape index (κ3) is 3.35. The summed E-state index contributed by atoms with van der Waals surface area (Å²) in [5.41, 5.74) is 1.31. The van der Waals surface area contributed by atoms with Gasteiger partial charge in [0.2, 0.25) is 0 Å². The molecule has 1 unspecified atom stereocenters. The molecule has 25 heavy (non-hydrogen) atoms. The van der Waals surface area contributed by atoms with Crippen LogP contribution in [0, 0.1) is 11.8 Å². The van der Waals surface area contributed by atoms with Gasteiger partial charge in [-0.25, -0.2) is 0 Å². The van der Waals surface area contributed by atoms with Crippen LogP contribution in [0.1, 0.15) is 70.6 Å². The van der Waals surface area contributed by atoms with Gasteiger partial charge in [-0.2, -0.15) is 0 Å². The lowest BCUT2D eigenvalue weighted by atomic mass is 9.68. The Morgan fingerprint density at radius 1 is 0.680 bits per heavy atom. The zero-order chi connectivity index (χ0) is 16.6. The van der Waals surface area contributed by atoms with Gasteiger partial charge in [0.05, 0.1) is 0 Å². The summed E-state index contributed by atoms with van der Waals surface area (Å²) >= 11 is 0. The minimum Gasteiger partial charge on any atom is -0.382 e. The van der Waals surface area contributed by atoms with Crippen LogP contribution in [0.5, 0.6) is 0 Å². The Kier molecular flexibility index (Phi) is 4.49. The van der Waals surface area contributed by atoms with Gasteiger partial charge >= 0.3 is 0 Å². The van der Waals surface area contributed by atoms with Crippen LogP contribution in [0.4, 0.5) is 5.69 Å². The molecule has 6 atom stereocenters. The van der Waals surface area contributed by atoms with E-state index in [-0.39, 0.29) is 0 Å². The maximum atomic E-state index is 3.85. The molecule has 1 aromatic rings. The van der Waals surface area contributed by atoms with Gasteiger partial charge in [0, 0.05) is 29.9 Å². The predicted octanol–water partition coefficient (Wildman–Crippen LogP) is 5.45. The van der Waals surface area contributed by atoms with E-state index >= 15 is 0 Å². The van der Waals surface area contributed by atoms with Crippen molar-refractivity contribution in [1.82, 2.24) is 4.90 Å². The molecule has 2 heteroatoms. The predicted molar refractivity (Wildman–Crippen MR) is 105 cm³/mol. The van der Waals surface area contributed by atoms with Gasteiger partial charge in [0.1, 0.15) is 0 Å². The second-order valence-electron chi connectivity index (χ2n) is 9.39. The van der Waals surface area contributed by atoms with Crippen LogP contribution in [0.2, 0.25) is 0 Å². The third-order valence-corrected chi connectivity index (χ3v) is 7.70. The van der Waals surface area contributed by atoms with Crippen molar-refractivity contribution < 1.29 is 0 Å². The molecule has 0 spiro atoms. The van der Waals surface area contributed by atoms with Crippen LogP contribution in [0.3, 0.4) is 0 Å². The second-order valence-corrected chi connectivity index (χ2v) is 9.39. The number of hydrogen-bond acceptors (Lipinski definition) is 2. The fraction of sp³-hybridized carbons (Fsp3) is 0.739. The van der Waals surface area contributed by atoms with E-state index in [4.69, 9.17) is 0 Å². The van der Waals surface area contributed by atoms with Gasteiger partial charge in [-0.3, -0.25) is 4.90 Å². The van der Waals surface area contributed by atoms with Gasteiger partial charge in [0.15, 0.2) is 0 Å². The normalized spacial score (nSPS) is 41.3. The van der Waals surface area contributed by atoms with Crippen molar-refractivity contribution in [3.05, 3.63) is 30.3 Å². The number of rotatable bonds is 3. The zero-order valence-electron chi connectivity index (χ0n) is 15.6. The molecule has 2 aliphatic heterocycles. The fourth-order valence-electron chi connectivity index (χ4n) is 6.84. The minimum absolute atomic E-state index is 0.678. The van der Waals surface area contributed by atoms with Crippen molar-refractivity contribution in [3.63, 3.8) is 0 Å². The SMILES string of the molecule is c1ccc(N[C@H]2CC3CCC[C@@H](C2)N3[C@H]2C[C@@H]3CCC[C@@H](C3)C2)cc1. The van der Waals surface area contributed by atoms with Crippen LogP contribution in [-0.2, 0) is 0 Å². The molecule has 4 bridgehead atoms. The Hall–Kier alpha value is -1.02. The number of nitrogens with zero attached hydrogens (tertiary/aromatic N) is 1. The first-order chi connectivity index (χ1) is 12.3. The molecule has 2 nitrogen and oxygen atoms in total. The quantitative estimate of drug-likeness (QED) is 0.788. The van der Waals surface area contributed by atoms with Gasteiger partial charge in [-0.05, 0) is 68.9 Å². The van der Waals surface area contributed by atoms with E-state index in [0.29, 0.717) is 6.04 Å². The summed E-state index contributed by atoms with van der Waals surface area (Å²) in [7, 11) is 0. The lowest BCUT2D eigenvalue weighted by molar-refractivity contribution is -0.0382. The van der Waals surface area contributed by atoms with E-state index in [1.54, 1.807) is 6.42 Å². The molecule has 4 aliphatic rings. The first-order valence-electron chi connectivity index (χ1n) is 10.9. The minimum atomic E-state index is 0.678. The maximum absolute atomic E-state index is 3.85. The highest BCUT2D eigenvalue weighted by atomic mass is 15.2. The summed E-state index contributed by atoms with van der Waals surface area (Å²) in [6.45, 7) is 0. The van der Waals surface area contributed by atoms with E-state index in [1.165, 1.54) is 69.9 Å². The number of benzene rings is 1. The Bertz CT molecular complexity index is 545. The number of para-hydroxylation sites is 1. The molecule has 2 aliphatic carbocycles. The molecule has 1 N–H and O–H groups in total. The first kappa shape index (κ1) is 16.2. The molecule has 136 valence electrons. The summed E-state index contributed by atoms with van der Waals surface area (Å²) in [6.07, 6.45) is 16.2. The second kappa shape index (κ2) is 6.95. The van der Waals surface area contributed by atoms with Crippen LogP contribution >= 0.6 is 0 Å². The zero-order valence-corrected chi connectivity index (χ0v) is 15.6. The molecule has 0 aromatic heterocycles. The Morgan fingerprint density at radius 2 is 1.32 bits per heavy atom. The Balaban J connectivity index is 1.28. The molecule has 2 heterocycles. The maximum Gasteiger partial charge on any atom is 0.0342 e. The number of piperidine rings is 2. The van der Waals surface area contributed by atoms with E-state index < -0.39 is 0 Å². The smallest absolute Gasteiger partial charge is 0.0342 e. The average molecular weight is 339 g/mol. The number of nitrogens with one attached hydrogen (secondary N) is 1. The largest absolute Gasteiger partial charge is 0.382 e. The van der Waals surface area contributed by atoms with Gasteiger partial charge in [-0.1, -0.05) is 43.9 Å². The van der Waals surface area contributed by atoms with Crippen LogP contribution in [-0.4, -0.2) is 29.1 Å². The standard InChI is InChI=1S/C23H34N2/c1-2-8-19(9-3-1)24-20-15-21-10-5-11-22(16-20)25(21)23-13-17-6-4-7-18(12-17)14-23/h1-3,8-9,17-18,20-24H,4-7,10-16H2/t17-,18+,20-,21+,22?,23+/m1/s1. The third-order valence-electron chi connectivity index (χ3n) is 7.70. The van der Waals surface area contributed by atoms with Crippen LogP contribution in [0.25, 0.3) is 0 Å². The summed E-state index contributed by atoms with van der Waals surface area (Å²) in [6, 6.07) is 14.2. The van der Waals surface area contributed by atoms with Crippen molar-refractivity contribution in [1.29, 1.82) is 0 Å². The molecule has 0 amide bonds. The molecule has 2 saturated heterocycles. The molecule has 2 saturated carbocycles. The Morgan fingerprint density at radius 3 is 2.00 bits per heavy atom. The van der Waals surface area contributed by atoms with E-state index in [9.17, 15) is 0 Å². The molecular weight excluding hydrogens is 304 g/mol. The Labute approximate surface area is 153 Å². The van der Waals surface area contributed by atoms with Crippen molar-refractivity contribution in [2.24, 2.45) is 11.8 Å². The van der Waals surface area contributed by atoms with Crippen molar-refractivity contribution in [2.45, 2.75) is 94.8 Å². The topological polar surface area (TPSA) is 15.3 Å². The lowest BCUT2D eigenvalue weighted by Gasteiger charge is -2.55. The monoisotopic (exact) mass is 338 g/mol. The number of hydrogen-bond donors (Lipinski definition) is 1. The molecule has 4 fully saturated rings. The molecule has 0 radical (unpaired) electrons. The summed E-state index contributed by atoms with van der Waals surface area (Å²) < 4.78 is 0. The highest BCUT2D eigenvalue weighted by Gasteiger charge is 2.44. The van der Waals surface area contributed by atoms with Crippen LogP contribution < -0.4 is 5.32 Å². The average Bonchev–Trinajstić information content (AvgIpc) is 2.61. The van der Waals surface area contributed by atoms with Crippen molar-refractivity contribution >= 4 is 5.69 Å².